The molecule has 0 aromatic heterocycles. The molecule has 0 aliphatic rings. The Bertz CT molecular complexity index is 769. The molecule has 0 fully saturated rings. The second-order valence-electron chi connectivity index (χ2n) is 5.39. The summed E-state index contributed by atoms with van der Waals surface area (Å²) in [5, 5.41) is 2.51. The fraction of sp³-hybridized carbons (Fsp3) is 0.263. The van der Waals surface area contributed by atoms with Gasteiger partial charge < -0.3 is 19.5 Å². The maximum absolute atomic E-state index is 12.3. The van der Waals surface area contributed by atoms with Crippen LogP contribution in [-0.2, 0) is 14.3 Å². The predicted molar refractivity (Wildman–Crippen MR) is 101 cm³/mol. The molecule has 0 heterocycles. The van der Waals surface area contributed by atoms with Crippen LogP contribution in [0, 0.1) is 0 Å². The average molecular weight is 411 g/mol. The van der Waals surface area contributed by atoms with Crippen LogP contribution in [0.5, 0.6) is 11.5 Å². The molecule has 0 unspecified atom stereocenters. The number of esters is 1. The third-order valence-corrected chi connectivity index (χ3v) is 4.08. The van der Waals surface area contributed by atoms with Crippen LogP contribution in [0.1, 0.15) is 6.42 Å². The number of halogens is 2. The van der Waals surface area contributed by atoms with Crippen LogP contribution in [0.4, 0.5) is 14.5 Å². The topological polar surface area (TPSA) is 73.9 Å². The van der Waals surface area contributed by atoms with Crippen molar-refractivity contribution in [3.8, 4) is 11.5 Å². The lowest BCUT2D eigenvalue weighted by atomic mass is 10.3. The molecule has 2 aromatic rings. The van der Waals surface area contributed by atoms with Crippen LogP contribution >= 0.6 is 11.8 Å². The zero-order valence-corrected chi connectivity index (χ0v) is 15.8. The van der Waals surface area contributed by atoms with Gasteiger partial charge in [0.05, 0.1) is 20.1 Å². The lowest BCUT2D eigenvalue weighted by Crippen LogP contribution is -2.21. The first-order chi connectivity index (χ1) is 13.5. The molecule has 1 amide bonds. The van der Waals surface area contributed by atoms with Gasteiger partial charge in [0.2, 0.25) is 0 Å². The minimum absolute atomic E-state index is 0.0150. The molecule has 0 aliphatic carbocycles. The zero-order chi connectivity index (χ0) is 20.4. The van der Waals surface area contributed by atoms with E-state index < -0.39 is 24.2 Å². The number of methoxy groups -OCH3 is 1. The van der Waals surface area contributed by atoms with Crippen molar-refractivity contribution < 1.29 is 32.6 Å². The second kappa shape index (κ2) is 11.1. The van der Waals surface area contributed by atoms with E-state index in [4.69, 9.17) is 14.2 Å². The fourth-order valence-electron chi connectivity index (χ4n) is 2.06. The van der Waals surface area contributed by atoms with E-state index in [1.165, 1.54) is 24.3 Å². The van der Waals surface area contributed by atoms with Gasteiger partial charge in [0.15, 0.2) is 6.61 Å². The average Bonchev–Trinajstić information content (AvgIpc) is 2.68. The Hall–Kier alpha value is -2.81. The van der Waals surface area contributed by atoms with Crippen molar-refractivity contribution in [2.75, 3.05) is 25.6 Å². The summed E-state index contributed by atoms with van der Waals surface area (Å²) in [7, 11) is 1.56. The molecule has 2 aromatic carbocycles. The van der Waals surface area contributed by atoms with Gasteiger partial charge in [-0.25, -0.2) is 0 Å². The summed E-state index contributed by atoms with van der Waals surface area (Å²) in [5.41, 5.74) is 0.419. The van der Waals surface area contributed by atoms with E-state index in [-0.39, 0.29) is 13.0 Å². The van der Waals surface area contributed by atoms with E-state index in [2.05, 4.69) is 5.32 Å². The van der Waals surface area contributed by atoms with E-state index in [9.17, 15) is 18.4 Å². The zero-order valence-electron chi connectivity index (χ0n) is 15.0. The largest absolute Gasteiger partial charge is 0.497 e. The van der Waals surface area contributed by atoms with E-state index in [1.54, 1.807) is 31.4 Å². The molecule has 0 spiro atoms. The molecule has 9 heteroatoms. The molecule has 0 atom stereocenters. The van der Waals surface area contributed by atoms with Crippen LogP contribution in [-0.4, -0.2) is 38.0 Å². The van der Waals surface area contributed by atoms with Gasteiger partial charge in [-0.1, -0.05) is 11.8 Å². The highest BCUT2D eigenvalue weighted by Crippen LogP contribution is 2.26. The van der Waals surface area contributed by atoms with Crippen molar-refractivity contribution in [3.05, 3.63) is 48.5 Å². The molecule has 0 saturated heterocycles. The summed E-state index contributed by atoms with van der Waals surface area (Å²) in [6, 6.07) is 12.8. The normalized spacial score (nSPS) is 10.4. The molecule has 2 rings (SSSR count). The molecule has 0 bridgehead atoms. The van der Waals surface area contributed by atoms with Crippen molar-refractivity contribution in [1.82, 2.24) is 0 Å². The van der Waals surface area contributed by atoms with E-state index in [0.29, 0.717) is 33.8 Å². The fourth-order valence-corrected chi connectivity index (χ4v) is 2.56. The highest BCUT2D eigenvalue weighted by atomic mass is 32.2. The lowest BCUT2D eigenvalue weighted by molar-refractivity contribution is -0.147. The molecule has 0 radical (unpaired) electrons. The van der Waals surface area contributed by atoms with E-state index in [1.807, 2.05) is 0 Å². The standard InChI is InChI=1S/C19H19F2NO5S/c1-25-14-4-6-15(7-5-14)26-11-10-18(24)27-12-17(23)22-13-2-8-16(9-3-13)28-19(20)21/h2-9,19H,10-12H2,1H3,(H,22,23). The molecular weight excluding hydrogens is 392 g/mol. The molecule has 150 valence electrons. The minimum Gasteiger partial charge on any atom is -0.497 e. The summed E-state index contributed by atoms with van der Waals surface area (Å²) >= 11 is 0.414. The first-order valence-corrected chi connectivity index (χ1v) is 9.11. The number of amides is 1. The number of ether oxygens (including phenoxy) is 3. The molecule has 0 saturated carbocycles. The maximum Gasteiger partial charge on any atom is 0.309 e. The Morgan fingerprint density at radius 1 is 1.04 bits per heavy atom. The summed E-state index contributed by atoms with van der Waals surface area (Å²) in [6.45, 7) is -0.342. The number of benzene rings is 2. The minimum atomic E-state index is -2.51. The molecular formula is C19H19F2NO5S. The van der Waals surface area contributed by atoms with Crippen LogP contribution < -0.4 is 14.8 Å². The number of carbonyl (C=O) groups is 2. The Labute approximate surface area is 165 Å². The Kier molecular flexibility index (Phi) is 8.54. The quantitative estimate of drug-likeness (QED) is 0.471. The maximum atomic E-state index is 12.3. The van der Waals surface area contributed by atoms with Crippen molar-refractivity contribution in [2.24, 2.45) is 0 Å². The molecule has 1 N–H and O–H groups in total. The van der Waals surface area contributed by atoms with Crippen LogP contribution in [0.15, 0.2) is 53.4 Å². The monoisotopic (exact) mass is 411 g/mol. The summed E-state index contributed by atoms with van der Waals surface area (Å²) in [5.74, 6) is -2.33. The molecule has 6 nitrogen and oxygen atoms in total. The van der Waals surface area contributed by atoms with Gasteiger partial charge in [-0.2, -0.15) is 8.78 Å². The van der Waals surface area contributed by atoms with Gasteiger partial charge in [-0.05, 0) is 48.5 Å². The highest BCUT2D eigenvalue weighted by Gasteiger charge is 2.09. The first-order valence-electron chi connectivity index (χ1n) is 8.23. The molecule has 0 aliphatic heterocycles. The number of hydrogen-bond acceptors (Lipinski definition) is 6. The van der Waals surface area contributed by atoms with Gasteiger partial charge >= 0.3 is 5.97 Å². The number of nitrogens with one attached hydrogen (secondary N) is 1. The van der Waals surface area contributed by atoms with Crippen molar-refractivity contribution in [3.63, 3.8) is 0 Å². The number of anilines is 1. The number of carbonyl (C=O) groups excluding carboxylic acids is 2. The smallest absolute Gasteiger partial charge is 0.309 e. The van der Waals surface area contributed by atoms with Gasteiger partial charge in [0, 0.05) is 10.6 Å². The Morgan fingerprint density at radius 3 is 2.29 bits per heavy atom. The summed E-state index contributed by atoms with van der Waals surface area (Å²) < 4.78 is 39.8. The van der Waals surface area contributed by atoms with Crippen LogP contribution in [0.2, 0.25) is 0 Å². The first kappa shape index (κ1) is 21.5. The second-order valence-corrected chi connectivity index (χ2v) is 6.45. The third kappa shape index (κ3) is 7.83. The predicted octanol–water partition coefficient (Wildman–Crippen LogP) is 3.96. The number of thioether (sulfide) groups is 1. The lowest BCUT2D eigenvalue weighted by Gasteiger charge is -2.08. The van der Waals surface area contributed by atoms with E-state index >= 15 is 0 Å². The van der Waals surface area contributed by atoms with Crippen molar-refractivity contribution in [1.29, 1.82) is 0 Å². The van der Waals surface area contributed by atoms with Gasteiger partial charge in [-0.3, -0.25) is 9.59 Å². The third-order valence-electron chi connectivity index (χ3n) is 3.36. The SMILES string of the molecule is COc1ccc(OCCC(=O)OCC(=O)Nc2ccc(SC(F)F)cc2)cc1. The number of rotatable bonds is 10. The molecule has 28 heavy (non-hydrogen) atoms. The number of alkyl halides is 2. The summed E-state index contributed by atoms with van der Waals surface area (Å²) in [6.07, 6.45) is -0.0150. The summed E-state index contributed by atoms with van der Waals surface area (Å²) in [4.78, 5) is 23.8. The van der Waals surface area contributed by atoms with Gasteiger partial charge in [0.25, 0.3) is 11.7 Å². The van der Waals surface area contributed by atoms with Gasteiger partial charge in [0.1, 0.15) is 11.5 Å². The van der Waals surface area contributed by atoms with Crippen LogP contribution in [0.25, 0.3) is 0 Å². The van der Waals surface area contributed by atoms with Crippen molar-refractivity contribution >= 4 is 29.3 Å². The number of hydrogen-bond donors (Lipinski definition) is 1. The van der Waals surface area contributed by atoms with Gasteiger partial charge in [-0.15, -0.1) is 0 Å². The Morgan fingerprint density at radius 2 is 1.68 bits per heavy atom. The van der Waals surface area contributed by atoms with Crippen LogP contribution in [0.3, 0.4) is 0 Å². The highest BCUT2D eigenvalue weighted by molar-refractivity contribution is 7.99. The Balaban J connectivity index is 1.65. The van der Waals surface area contributed by atoms with E-state index in [0.717, 1.165) is 0 Å². The van der Waals surface area contributed by atoms with Crippen molar-refractivity contribution in [2.45, 2.75) is 17.1 Å².